The third kappa shape index (κ3) is 2.59. The van der Waals surface area contributed by atoms with Gasteiger partial charge < -0.3 is 9.64 Å². The summed E-state index contributed by atoms with van der Waals surface area (Å²) in [6.07, 6.45) is 19.8. The highest BCUT2D eigenvalue weighted by Crippen LogP contribution is 2.67. The molecular weight excluding hydrogens is 406 g/mol. The summed E-state index contributed by atoms with van der Waals surface area (Å²) in [5.74, 6) is 0.500. The van der Waals surface area contributed by atoms with Crippen molar-refractivity contribution in [3.63, 3.8) is 0 Å². The van der Waals surface area contributed by atoms with Crippen LogP contribution in [0.1, 0.15) is 57.4 Å². The molecule has 4 atom stereocenters. The molecule has 1 saturated heterocycles. The third-order valence-electron chi connectivity index (χ3n) is 9.35. The quantitative estimate of drug-likeness (QED) is 0.609. The zero-order valence-corrected chi connectivity index (χ0v) is 19.9. The van der Waals surface area contributed by atoms with Gasteiger partial charge in [0, 0.05) is 37.2 Å². The molecule has 0 radical (unpaired) electrons. The molecule has 4 nitrogen and oxygen atoms in total. The lowest BCUT2D eigenvalue weighted by Crippen LogP contribution is -2.53. The number of aromatic nitrogens is 2. The lowest BCUT2D eigenvalue weighted by atomic mass is 9.58. The van der Waals surface area contributed by atoms with Crippen molar-refractivity contribution in [3.05, 3.63) is 71.1 Å². The van der Waals surface area contributed by atoms with Gasteiger partial charge in [0.2, 0.25) is 0 Å². The molecule has 2 aromatic rings. The Bertz CT molecular complexity index is 1290. The van der Waals surface area contributed by atoms with Crippen LogP contribution in [0.2, 0.25) is 0 Å². The van der Waals surface area contributed by atoms with Crippen LogP contribution in [0.15, 0.2) is 65.5 Å². The number of aromatic amines is 1. The van der Waals surface area contributed by atoms with Crippen molar-refractivity contribution >= 4 is 16.5 Å². The third-order valence-corrected chi connectivity index (χ3v) is 9.35. The molecule has 2 aliphatic heterocycles. The van der Waals surface area contributed by atoms with Gasteiger partial charge in [-0.1, -0.05) is 36.8 Å². The van der Waals surface area contributed by atoms with Gasteiger partial charge in [0.1, 0.15) is 0 Å². The Kier molecular flexibility index (Phi) is 3.91. The van der Waals surface area contributed by atoms with Gasteiger partial charge >= 0.3 is 0 Å². The van der Waals surface area contributed by atoms with E-state index in [1.165, 1.54) is 28.5 Å². The van der Waals surface area contributed by atoms with Gasteiger partial charge in [0.25, 0.3) is 0 Å². The van der Waals surface area contributed by atoms with Gasteiger partial charge in [0.15, 0.2) is 0 Å². The van der Waals surface area contributed by atoms with E-state index in [2.05, 4.69) is 78.7 Å². The first-order valence-corrected chi connectivity index (χ1v) is 12.5. The molecule has 1 N–H and O–H groups in total. The zero-order valence-electron chi connectivity index (χ0n) is 19.9. The van der Waals surface area contributed by atoms with Crippen LogP contribution in [0.4, 0.5) is 0 Å². The minimum absolute atomic E-state index is 0.0753. The lowest BCUT2D eigenvalue weighted by molar-refractivity contribution is -0.123. The van der Waals surface area contributed by atoms with Gasteiger partial charge in [-0.25, -0.2) is 0 Å². The first-order chi connectivity index (χ1) is 15.9. The summed E-state index contributed by atoms with van der Waals surface area (Å²) in [5, 5.41) is 8.50. The molecule has 1 aromatic carbocycles. The number of allylic oxidation sites excluding steroid dienone is 3. The second-order valence-corrected chi connectivity index (χ2v) is 11.4. The van der Waals surface area contributed by atoms with Crippen LogP contribution in [0.5, 0.6) is 0 Å². The number of ether oxygens (including phenoxy) is 1. The van der Waals surface area contributed by atoms with Crippen LogP contribution in [0.3, 0.4) is 0 Å². The molecule has 170 valence electrons. The van der Waals surface area contributed by atoms with Crippen molar-refractivity contribution < 1.29 is 4.74 Å². The number of rotatable bonds is 2. The molecule has 3 heterocycles. The topological polar surface area (TPSA) is 41.2 Å². The molecule has 4 heteroatoms. The summed E-state index contributed by atoms with van der Waals surface area (Å²) < 4.78 is 7.37. The molecular formula is C29H33N3O. The maximum Gasteiger partial charge on any atom is 0.0981 e. The van der Waals surface area contributed by atoms with Crippen LogP contribution < -0.4 is 0 Å². The van der Waals surface area contributed by atoms with Crippen LogP contribution in [0, 0.1) is 11.3 Å². The summed E-state index contributed by atoms with van der Waals surface area (Å²) in [7, 11) is 4.27. The highest BCUT2D eigenvalue weighted by molar-refractivity contribution is 5.85. The number of nitrogens with zero attached hydrogens (tertiary/aromatic N) is 2. The number of hydrogen-bond donors (Lipinski definition) is 1. The monoisotopic (exact) mass is 439 g/mol. The summed E-state index contributed by atoms with van der Waals surface area (Å²) in [4.78, 5) is 2.20. The second-order valence-electron chi connectivity index (χ2n) is 11.4. The molecule has 1 unspecified atom stereocenters. The smallest absolute Gasteiger partial charge is 0.0981 e. The zero-order chi connectivity index (χ0) is 22.4. The Labute approximate surface area is 196 Å². The Hall–Kier alpha value is -2.59. The lowest BCUT2D eigenvalue weighted by Gasteiger charge is -2.53. The maximum atomic E-state index is 7.37. The number of fused-ring (bicyclic) bond motifs is 2. The average molecular weight is 440 g/mol. The second kappa shape index (κ2) is 6.50. The molecule has 2 spiro atoms. The number of nitrogens with one attached hydrogen (secondary N) is 1. The van der Waals surface area contributed by atoms with Crippen molar-refractivity contribution in [2.45, 2.75) is 63.1 Å². The van der Waals surface area contributed by atoms with Crippen molar-refractivity contribution in [2.75, 3.05) is 14.1 Å². The van der Waals surface area contributed by atoms with Crippen LogP contribution in [-0.2, 0) is 4.74 Å². The predicted molar refractivity (Wildman–Crippen MR) is 132 cm³/mol. The summed E-state index contributed by atoms with van der Waals surface area (Å²) in [5.41, 5.74) is 8.42. The first-order valence-electron chi connectivity index (χ1n) is 12.5. The van der Waals surface area contributed by atoms with E-state index >= 15 is 0 Å². The van der Waals surface area contributed by atoms with Gasteiger partial charge in [-0.3, -0.25) is 5.10 Å². The maximum absolute atomic E-state index is 7.37. The van der Waals surface area contributed by atoms with Crippen molar-refractivity contribution in [1.29, 1.82) is 0 Å². The first kappa shape index (κ1) is 19.8. The normalized spacial score (nSPS) is 37.8. The molecule has 3 aliphatic carbocycles. The summed E-state index contributed by atoms with van der Waals surface area (Å²) >= 11 is 0. The predicted octanol–water partition coefficient (Wildman–Crippen LogP) is 6.16. The van der Waals surface area contributed by atoms with Gasteiger partial charge in [-0.15, -0.1) is 0 Å². The van der Waals surface area contributed by atoms with E-state index in [0.717, 1.165) is 44.0 Å². The molecule has 33 heavy (non-hydrogen) atoms. The average Bonchev–Trinajstić information content (AvgIpc) is 3.47. The Morgan fingerprint density at radius 1 is 1.18 bits per heavy atom. The van der Waals surface area contributed by atoms with Gasteiger partial charge in [0.05, 0.1) is 22.9 Å². The Balaban J connectivity index is 1.28. The Morgan fingerprint density at radius 2 is 2.09 bits per heavy atom. The number of H-pyrrole nitrogens is 1. The Morgan fingerprint density at radius 3 is 2.97 bits per heavy atom. The van der Waals surface area contributed by atoms with Gasteiger partial charge in [-0.05, 0) is 79.1 Å². The fourth-order valence-corrected chi connectivity index (χ4v) is 7.90. The fraction of sp³-hybridized carbons (Fsp3) is 0.483. The minimum atomic E-state index is -0.130. The molecule has 1 aromatic heterocycles. The summed E-state index contributed by atoms with van der Waals surface area (Å²) in [6, 6.07) is 6.76. The van der Waals surface area contributed by atoms with E-state index in [9.17, 15) is 0 Å². The van der Waals surface area contributed by atoms with E-state index in [-0.39, 0.29) is 16.6 Å². The van der Waals surface area contributed by atoms with Crippen LogP contribution in [-0.4, -0.2) is 40.4 Å². The van der Waals surface area contributed by atoms with Crippen molar-refractivity contribution in [3.8, 4) is 0 Å². The highest BCUT2D eigenvalue weighted by Gasteiger charge is 2.65. The standard InChI is InChI=1S/C29H33N3O/c1-27-11-10-23-15-22-6-4-19(18-32(2)3)16-28(22)12-13-29(23,33-28)26(27)9-7-24(27)20-5-8-25-21(14-20)17-30-31-25/h5,7-8,10,14-15,17-18,26H,4,6,9,11-13,16H2,1-3H3,(H,30,31)/b19-18-/t26-,27?,28-,29-/m1/s1. The van der Waals surface area contributed by atoms with Crippen molar-refractivity contribution in [1.82, 2.24) is 15.1 Å². The SMILES string of the molecule is CN(C)/C=C1/CCC2=CC3=CCC4(C)C(c5ccc6[nH]ncc6c5)=CC[C@H]4[C@@]34CC[C@]2(C1)O4. The molecule has 0 amide bonds. The minimum Gasteiger partial charge on any atom is -0.384 e. The number of benzene rings is 1. The van der Waals surface area contributed by atoms with Crippen LogP contribution >= 0.6 is 0 Å². The largest absolute Gasteiger partial charge is 0.384 e. The highest BCUT2D eigenvalue weighted by atomic mass is 16.5. The molecule has 2 bridgehead atoms. The molecule has 2 fully saturated rings. The fourth-order valence-electron chi connectivity index (χ4n) is 7.90. The molecule has 7 rings (SSSR count). The molecule has 1 saturated carbocycles. The van der Waals surface area contributed by atoms with E-state index in [4.69, 9.17) is 4.74 Å². The van der Waals surface area contributed by atoms with E-state index in [0.29, 0.717) is 5.92 Å². The summed E-state index contributed by atoms with van der Waals surface area (Å²) in [6.45, 7) is 2.49. The molecule has 5 aliphatic rings. The van der Waals surface area contributed by atoms with Crippen molar-refractivity contribution in [2.24, 2.45) is 11.3 Å². The number of hydrogen-bond acceptors (Lipinski definition) is 3. The van der Waals surface area contributed by atoms with E-state index in [1.807, 2.05) is 6.20 Å². The van der Waals surface area contributed by atoms with Gasteiger partial charge in [-0.2, -0.15) is 5.10 Å². The van der Waals surface area contributed by atoms with E-state index in [1.54, 1.807) is 11.1 Å². The van der Waals surface area contributed by atoms with E-state index < -0.39 is 0 Å². The van der Waals surface area contributed by atoms with Crippen LogP contribution in [0.25, 0.3) is 16.5 Å².